The normalized spacial score (nSPS) is 13.8. The minimum atomic E-state index is -1.11. The van der Waals surface area contributed by atoms with E-state index >= 15 is 0 Å². The Kier molecular flexibility index (Phi) is 34.5. The van der Waals surface area contributed by atoms with Gasteiger partial charge in [0.2, 0.25) is 35.4 Å². The Morgan fingerprint density at radius 2 is 0.621 bits per heavy atom. The number of nitrogens with one attached hydrogen (secondary N) is 5. The van der Waals surface area contributed by atoms with Crippen molar-refractivity contribution < 1.29 is 28.8 Å². The molecule has 0 unspecified atom stereocenters. The van der Waals surface area contributed by atoms with Gasteiger partial charge < -0.3 is 61.0 Å². The van der Waals surface area contributed by atoms with Gasteiger partial charge in [-0.3, -0.25) is 28.8 Å². The predicted octanol–water partition coefficient (Wildman–Crippen LogP) is 1.07. The number of unbranched alkanes of at least 4 members (excludes halogenated alkanes) is 12. The zero-order valence-electron chi connectivity index (χ0n) is 35.8. The molecular formula is C41H83N11O6. The van der Waals surface area contributed by atoms with Gasteiger partial charge in [0.25, 0.3) is 0 Å². The van der Waals surface area contributed by atoms with Crippen molar-refractivity contribution in [1.29, 1.82) is 0 Å². The Morgan fingerprint density at radius 3 is 0.914 bits per heavy atom. The molecule has 17 heteroatoms. The lowest BCUT2D eigenvalue weighted by molar-refractivity contribution is -0.135. The molecule has 58 heavy (non-hydrogen) atoms. The molecule has 0 aromatic carbocycles. The molecule has 0 heterocycles. The van der Waals surface area contributed by atoms with Crippen LogP contribution in [0.3, 0.4) is 0 Å². The van der Waals surface area contributed by atoms with Gasteiger partial charge in [-0.05, 0) is 103 Å². The largest absolute Gasteiger partial charge is 0.368 e. The number of amides is 6. The Balaban J connectivity index is 5.47. The molecule has 17 nitrogen and oxygen atoms in total. The van der Waals surface area contributed by atoms with Crippen molar-refractivity contribution in [2.45, 2.75) is 191 Å². The van der Waals surface area contributed by atoms with E-state index in [9.17, 15) is 28.8 Å². The van der Waals surface area contributed by atoms with Crippen LogP contribution in [0, 0.1) is 0 Å². The fourth-order valence-electron chi connectivity index (χ4n) is 6.63. The third-order valence-electron chi connectivity index (χ3n) is 10.2. The summed E-state index contributed by atoms with van der Waals surface area (Å²) in [6.45, 7) is 3.57. The molecule has 5 atom stereocenters. The molecule has 0 rings (SSSR count). The van der Waals surface area contributed by atoms with Crippen molar-refractivity contribution in [3.8, 4) is 0 Å². The fraction of sp³-hybridized carbons (Fsp3) is 0.854. The summed E-state index contributed by atoms with van der Waals surface area (Å²) in [6.07, 6.45) is 18.9. The quantitative estimate of drug-likeness (QED) is 0.0390. The standard InChI is InChI=1S/C41H83N11O6/c1-2-3-4-5-6-7-8-9-10-11-12-13-14-25-36(53)48-32(21-16-27-43)38(55)50-34(23-18-29-45)40(57)52-35(24-19-30-46)41(58)51-33(22-17-28-44)39(56)49-31(37(47)54)20-15-26-42/h31-35H,2-30,42-46H2,1H3,(H2,47,54)(H,48,53)(H,49,56)(H,50,55)(H,51,58)(H,52,57)/t31-,32-,33-,34-,35-/m0/s1. The van der Waals surface area contributed by atoms with Crippen LogP contribution < -0.4 is 61.0 Å². The van der Waals surface area contributed by atoms with E-state index in [0.717, 1.165) is 25.7 Å². The van der Waals surface area contributed by atoms with Crippen LogP contribution in [0.4, 0.5) is 0 Å². The van der Waals surface area contributed by atoms with Gasteiger partial charge in [0.15, 0.2) is 0 Å². The van der Waals surface area contributed by atoms with Crippen molar-refractivity contribution in [3.63, 3.8) is 0 Å². The Hall–Kier alpha value is -3.38. The summed E-state index contributed by atoms with van der Waals surface area (Å²) in [4.78, 5) is 79.1. The molecule has 6 amide bonds. The molecule has 0 radical (unpaired) electrons. The van der Waals surface area contributed by atoms with Gasteiger partial charge in [0.1, 0.15) is 30.2 Å². The zero-order valence-corrected chi connectivity index (χ0v) is 35.8. The van der Waals surface area contributed by atoms with E-state index in [2.05, 4.69) is 33.5 Å². The lowest BCUT2D eigenvalue weighted by atomic mass is 10.0. The highest BCUT2D eigenvalue weighted by Crippen LogP contribution is 2.13. The van der Waals surface area contributed by atoms with Gasteiger partial charge in [-0.15, -0.1) is 0 Å². The minimum Gasteiger partial charge on any atom is -0.368 e. The number of primary amides is 1. The van der Waals surface area contributed by atoms with E-state index in [1.807, 2.05) is 0 Å². The first-order chi connectivity index (χ1) is 28.0. The number of carbonyl (C=O) groups excluding carboxylic acids is 6. The van der Waals surface area contributed by atoms with Crippen molar-refractivity contribution in [1.82, 2.24) is 26.6 Å². The summed E-state index contributed by atoms with van der Waals surface area (Å²) in [5.74, 6) is -3.42. The number of hydrogen-bond donors (Lipinski definition) is 11. The number of rotatable bonds is 39. The van der Waals surface area contributed by atoms with Crippen LogP contribution in [0.1, 0.15) is 161 Å². The van der Waals surface area contributed by atoms with Gasteiger partial charge in [0, 0.05) is 6.42 Å². The highest BCUT2D eigenvalue weighted by molar-refractivity contribution is 5.96. The van der Waals surface area contributed by atoms with Crippen LogP contribution in [0.25, 0.3) is 0 Å². The van der Waals surface area contributed by atoms with Crippen molar-refractivity contribution in [2.24, 2.45) is 34.4 Å². The maximum Gasteiger partial charge on any atom is 0.243 e. The maximum absolute atomic E-state index is 13.7. The molecule has 0 aliphatic carbocycles. The molecule has 0 saturated heterocycles. The van der Waals surface area contributed by atoms with Gasteiger partial charge in [-0.1, -0.05) is 84.0 Å². The molecule has 0 aliphatic heterocycles. The van der Waals surface area contributed by atoms with Crippen LogP contribution in [0.15, 0.2) is 0 Å². The highest BCUT2D eigenvalue weighted by Gasteiger charge is 2.32. The topological polar surface area (TPSA) is 319 Å². The first-order valence-corrected chi connectivity index (χ1v) is 22.3. The van der Waals surface area contributed by atoms with E-state index in [1.165, 1.54) is 57.8 Å². The zero-order chi connectivity index (χ0) is 43.4. The summed E-state index contributed by atoms with van der Waals surface area (Å²) >= 11 is 0. The lowest BCUT2D eigenvalue weighted by Crippen LogP contribution is -2.59. The second-order valence-electron chi connectivity index (χ2n) is 15.4. The Labute approximate surface area is 348 Å². The summed E-state index contributed by atoms with van der Waals surface area (Å²) in [7, 11) is 0. The van der Waals surface area contributed by atoms with E-state index in [1.54, 1.807) is 0 Å². The molecule has 338 valence electrons. The first-order valence-electron chi connectivity index (χ1n) is 22.3. The predicted molar refractivity (Wildman–Crippen MR) is 231 cm³/mol. The fourth-order valence-corrected chi connectivity index (χ4v) is 6.63. The molecule has 0 aliphatic rings. The Bertz CT molecular complexity index is 1130. The monoisotopic (exact) mass is 826 g/mol. The molecule has 0 bridgehead atoms. The van der Waals surface area contributed by atoms with Crippen LogP contribution in [0.5, 0.6) is 0 Å². The minimum absolute atomic E-state index is 0.144. The van der Waals surface area contributed by atoms with E-state index in [4.69, 9.17) is 34.4 Å². The van der Waals surface area contributed by atoms with Gasteiger partial charge >= 0.3 is 0 Å². The number of carbonyl (C=O) groups is 6. The maximum atomic E-state index is 13.7. The number of nitrogens with two attached hydrogens (primary N) is 6. The summed E-state index contributed by atoms with van der Waals surface area (Å²) in [6, 6.07) is -5.15. The van der Waals surface area contributed by atoms with Gasteiger partial charge in [0.05, 0.1) is 0 Å². The molecule has 0 aromatic rings. The Morgan fingerprint density at radius 1 is 0.362 bits per heavy atom. The van der Waals surface area contributed by atoms with Crippen LogP contribution >= 0.6 is 0 Å². The van der Waals surface area contributed by atoms with Crippen molar-refractivity contribution >= 4 is 35.4 Å². The van der Waals surface area contributed by atoms with Crippen LogP contribution in [-0.4, -0.2) is 98.4 Å². The van der Waals surface area contributed by atoms with Crippen molar-refractivity contribution in [3.05, 3.63) is 0 Å². The van der Waals surface area contributed by atoms with Crippen molar-refractivity contribution in [2.75, 3.05) is 32.7 Å². The smallest absolute Gasteiger partial charge is 0.243 e. The van der Waals surface area contributed by atoms with Gasteiger partial charge in [-0.2, -0.15) is 0 Å². The molecule has 0 fully saturated rings. The van der Waals surface area contributed by atoms with Crippen LogP contribution in [-0.2, 0) is 28.8 Å². The second kappa shape index (κ2) is 36.7. The molecule has 0 aromatic heterocycles. The van der Waals surface area contributed by atoms with E-state index < -0.39 is 59.7 Å². The van der Waals surface area contributed by atoms with E-state index in [0.29, 0.717) is 51.6 Å². The third kappa shape index (κ3) is 27.3. The summed E-state index contributed by atoms with van der Waals surface area (Å²) in [5.41, 5.74) is 34.0. The molecular weight excluding hydrogens is 743 g/mol. The average Bonchev–Trinajstić information content (AvgIpc) is 3.20. The highest BCUT2D eigenvalue weighted by atomic mass is 16.2. The summed E-state index contributed by atoms with van der Waals surface area (Å²) in [5, 5.41) is 13.6. The second-order valence-corrected chi connectivity index (χ2v) is 15.4. The average molecular weight is 826 g/mol. The van der Waals surface area contributed by atoms with E-state index in [-0.39, 0.29) is 57.6 Å². The molecule has 0 spiro atoms. The first kappa shape index (κ1) is 54.6. The summed E-state index contributed by atoms with van der Waals surface area (Å²) < 4.78 is 0. The third-order valence-corrected chi connectivity index (χ3v) is 10.2. The number of hydrogen-bond acceptors (Lipinski definition) is 11. The molecule has 17 N–H and O–H groups in total. The van der Waals surface area contributed by atoms with Crippen LogP contribution in [0.2, 0.25) is 0 Å². The van der Waals surface area contributed by atoms with Gasteiger partial charge in [-0.25, -0.2) is 0 Å². The lowest BCUT2D eigenvalue weighted by Gasteiger charge is -2.27. The SMILES string of the molecule is CCCCCCCCCCCCCCCC(=O)N[C@@H](CCCN)C(=O)N[C@@H](CCCN)C(=O)N[C@@H](CCCN)C(=O)N[C@@H](CCCN)C(=O)N[C@@H](CCCN)C(N)=O. The molecule has 0 saturated carbocycles.